The van der Waals surface area contributed by atoms with E-state index in [-0.39, 0.29) is 5.82 Å². The normalized spacial score (nSPS) is 10.7. The number of fused-ring (bicyclic) bond motifs is 1. The topological polar surface area (TPSA) is 27.7 Å². The molecule has 0 N–H and O–H groups in total. The van der Waals surface area contributed by atoms with Crippen LogP contribution in [-0.4, -0.2) is 0 Å². The second-order valence-electron chi connectivity index (χ2n) is 6.70. The molecule has 0 unspecified atom stereocenters. The third-order valence-electron chi connectivity index (χ3n) is 4.92. The molecule has 1 aromatic heterocycles. The van der Waals surface area contributed by atoms with Gasteiger partial charge in [0.1, 0.15) is 12.9 Å². The van der Waals surface area contributed by atoms with Crippen molar-refractivity contribution in [2.45, 2.75) is 6.92 Å². The molecule has 3 heteroatoms. The predicted molar refractivity (Wildman–Crippen MR) is 105 cm³/mol. The maximum Gasteiger partial charge on any atom is 0.220 e. The van der Waals surface area contributed by atoms with Gasteiger partial charge in [-0.2, -0.15) is 5.26 Å². The minimum absolute atomic E-state index is 0.225. The van der Waals surface area contributed by atoms with E-state index in [1.165, 1.54) is 0 Å². The first-order valence-corrected chi connectivity index (χ1v) is 8.77. The zero-order valence-electron chi connectivity index (χ0n) is 15.2. The highest BCUT2D eigenvalue weighted by atomic mass is 19.1. The number of hydrogen-bond acceptors (Lipinski definition) is 1. The number of halogens is 1. The monoisotopic (exact) mass is 353 g/mol. The summed E-state index contributed by atoms with van der Waals surface area (Å²) < 4.78 is 16.7. The highest BCUT2D eigenvalue weighted by Gasteiger charge is 2.20. The van der Waals surface area contributed by atoms with Crippen molar-refractivity contribution in [1.29, 1.82) is 5.26 Å². The van der Waals surface area contributed by atoms with Crippen LogP contribution in [0.4, 0.5) is 4.39 Å². The average molecular weight is 353 g/mol. The summed E-state index contributed by atoms with van der Waals surface area (Å²) in [6.45, 7) is 1.93. The van der Waals surface area contributed by atoms with Crippen molar-refractivity contribution in [3.05, 3.63) is 89.9 Å². The van der Waals surface area contributed by atoms with E-state index in [0.29, 0.717) is 11.1 Å². The molecule has 0 fully saturated rings. The predicted octanol–water partition coefficient (Wildman–Crippen LogP) is 5.32. The van der Waals surface area contributed by atoms with Gasteiger partial charge >= 0.3 is 0 Å². The summed E-state index contributed by atoms with van der Waals surface area (Å²) in [7, 11) is 1.98. The van der Waals surface area contributed by atoms with E-state index in [1.54, 1.807) is 6.07 Å². The van der Waals surface area contributed by atoms with Crippen LogP contribution >= 0.6 is 0 Å². The van der Waals surface area contributed by atoms with E-state index < -0.39 is 0 Å². The van der Waals surface area contributed by atoms with Crippen LogP contribution in [0.3, 0.4) is 0 Å². The molecule has 0 bridgehead atoms. The van der Waals surface area contributed by atoms with Crippen LogP contribution in [-0.2, 0) is 7.05 Å². The third-order valence-corrected chi connectivity index (χ3v) is 4.92. The molecule has 0 aliphatic heterocycles. The molecule has 4 aromatic rings. The second-order valence-corrected chi connectivity index (χ2v) is 6.70. The molecule has 0 atom stereocenters. The molecule has 2 nitrogen and oxygen atoms in total. The van der Waals surface area contributed by atoms with Crippen molar-refractivity contribution in [2.24, 2.45) is 7.05 Å². The number of hydrogen-bond donors (Lipinski definition) is 0. The summed E-state index contributed by atoms with van der Waals surface area (Å²) in [5.41, 5.74) is 4.93. The molecule has 0 saturated heterocycles. The highest BCUT2D eigenvalue weighted by molar-refractivity contribution is 5.95. The Morgan fingerprint density at radius 2 is 1.70 bits per heavy atom. The Morgan fingerprint density at radius 1 is 0.926 bits per heavy atom. The first-order valence-electron chi connectivity index (χ1n) is 8.77. The molecule has 3 aromatic carbocycles. The lowest BCUT2D eigenvalue weighted by Crippen LogP contribution is -2.30. The largest absolute Gasteiger partial charge is 0.220 e. The van der Waals surface area contributed by atoms with Gasteiger partial charge in [0.05, 0.1) is 22.6 Å². The lowest BCUT2D eigenvalue weighted by atomic mass is 9.94. The molecule has 0 aliphatic carbocycles. The number of benzene rings is 3. The Hall–Kier alpha value is -3.51. The minimum atomic E-state index is -0.225. The van der Waals surface area contributed by atoms with Gasteiger partial charge in [-0.15, -0.1) is 0 Å². The van der Waals surface area contributed by atoms with Gasteiger partial charge in [0.25, 0.3) is 0 Å². The molecule has 27 heavy (non-hydrogen) atoms. The van der Waals surface area contributed by atoms with E-state index in [1.807, 2.05) is 85.4 Å². The third kappa shape index (κ3) is 2.96. The Morgan fingerprint density at radius 3 is 2.44 bits per heavy atom. The maximum atomic E-state index is 14.7. The standard InChI is InChI=1S/C24H18FN2/c1-16-12-23(25)22(18-6-4-3-5-7-18)14-21(16)24-20-9-8-17(15-26)13-19(20)10-11-27(24)2/h3-14H,1-2H3/q+1. The van der Waals surface area contributed by atoms with Crippen LogP contribution in [0.15, 0.2) is 72.9 Å². The fourth-order valence-electron chi connectivity index (χ4n) is 3.54. The number of nitriles is 1. The van der Waals surface area contributed by atoms with Gasteiger partial charge < -0.3 is 0 Å². The van der Waals surface area contributed by atoms with Crippen LogP contribution < -0.4 is 4.57 Å². The van der Waals surface area contributed by atoms with Crippen molar-refractivity contribution in [3.63, 3.8) is 0 Å². The number of pyridine rings is 1. The molecular formula is C24H18FN2+. The number of nitrogens with zero attached hydrogens (tertiary/aromatic N) is 2. The van der Waals surface area contributed by atoms with Crippen LogP contribution in [0.1, 0.15) is 11.1 Å². The van der Waals surface area contributed by atoms with Crippen LogP contribution in [0, 0.1) is 24.1 Å². The van der Waals surface area contributed by atoms with Crippen LogP contribution in [0.5, 0.6) is 0 Å². The quantitative estimate of drug-likeness (QED) is 0.448. The van der Waals surface area contributed by atoms with Crippen molar-refractivity contribution < 1.29 is 8.96 Å². The van der Waals surface area contributed by atoms with Gasteiger partial charge in [0.2, 0.25) is 5.69 Å². The molecule has 4 rings (SSSR count). The first kappa shape index (κ1) is 16.9. The SMILES string of the molecule is Cc1cc(F)c(-c2ccccc2)cc1-c1c2ccc(C#N)cc2cc[n+]1C. The summed E-state index contributed by atoms with van der Waals surface area (Å²) >= 11 is 0. The van der Waals surface area contributed by atoms with E-state index in [2.05, 4.69) is 6.07 Å². The van der Waals surface area contributed by atoms with Gasteiger partial charge in [-0.25, -0.2) is 8.96 Å². The molecule has 0 aliphatic rings. The van der Waals surface area contributed by atoms with Gasteiger partial charge in [-0.05, 0) is 53.8 Å². The lowest BCUT2D eigenvalue weighted by molar-refractivity contribution is -0.659. The summed E-state index contributed by atoms with van der Waals surface area (Å²) in [6.07, 6.45) is 1.98. The van der Waals surface area contributed by atoms with Crippen molar-refractivity contribution in [3.8, 4) is 28.5 Å². The zero-order valence-corrected chi connectivity index (χ0v) is 15.2. The smallest absolute Gasteiger partial charge is 0.206 e. The van der Waals surface area contributed by atoms with E-state index in [9.17, 15) is 9.65 Å². The average Bonchev–Trinajstić information content (AvgIpc) is 2.69. The molecule has 1 heterocycles. The molecule has 130 valence electrons. The maximum absolute atomic E-state index is 14.7. The van der Waals surface area contributed by atoms with Gasteiger partial charge in [-0.1, -0.05) is 30.3 Å². The fourth-order valence-corrected chi connectivity index (χ4v) is 3.54. The Labute approximate surface area is 157 Å². The van der Waals surface area contributed by atoms with E-state index in [0.717, 1.165) is 33.2 Å². The lowest BCUT2D eigenvalue weighted by Gasteiger charge is -2.11. The first-order chi connectivity index (χ1) is 13.1. The fraction of sp³-hybridized carbons (Fsp3) is 0.0833. The van der Waals surface area contributed by atoms with Gasteiger partial charge in [-0.3, -0.25) is 0 Å². The molecular weight excluding hydrogens is 335 g/mol. The Kier molecular flexibility index (Phi) is 4.18. The van der Waals surface area contributed by atoms with E-state index in [4.69, 9.17) is 0 Å². The van der Waals surface area contributed by atoms with Crippen molar-refractivity contribution in [2.75, 3.05) is 0 Å². The summed E-state index contributed by atoms with van der Waals surface area (Å²) in [6, 6.07) is 23.0. The van der Waals surface area contributed by atoms with E-state index >= 15 is 0 Å². The molecule has 0 saturated carbocycles. The summed E-state index contributed by atoms with van der Waals surface area (Å²) in [5.74, 6) is -0.225. The second kappa shape index (κ2) is 6.66. The number of rotatable bonds is 2. The molecule has 0 radical (unpaired) electrons. The van der Waals surface area contributed by atoms with Crippen LogP contribution in [0.2, 0.25) is 0 Å². The summed E-state index contributed by atoms with van der Waals surface area (Å²) in [4.78, 5) is 0. The molecule has 0 amide bonds. The Bertz CT molecular complexity index is 1200. The Balaban J connectivity index is 2.02. The van der Waals surface area contributed by atoms with Gasteiger partial charge in [0.15, 0.2) is 6.20 Å². The van der Waals surface area contributed by atoms with Crippen LogP contribution in [0.25, 0.3) is 33.2 Å². The zero-order chi connectivity index (χ0) is 19.0. The van der Waals surface area contributed by atoms with Crippen molar-refractivity contribution >= 4 is 10.8 Å². The highest BCUT2D eigenvalue weighted by Crippen LogP contribution is 2.33. The number of aryl methyl sites for hydroxylation is 2. The minimum Gasteiger partial charge on any atom is -0.206 e. The molecule has 0 spiro atoms. The van der Waals surface area contributed by atoms with Crippen molar-refractivity contribution in [1.82, 2.24) is 0 Å². The summed E-state index contributed by atoms with van der Waals surface area (Å²) in [5, 5.41) is 11.2. The number of aromatic nitrogens is 1. The van der Waals surface area contributed by atoms with Gasteiger partial charge in [0, 0.05) is 11.6 Å².